The van der Waals surface area contributed by atoms with Crippen molar-refractivity contribution in [2.75, 3.05) is 13.6 Å². The van der Waals surface area contributed by atoms with E-state index in [1.54, 1.807) is 0 Å². The van der Waals surface area contributed by atoms with Gasteiger partial charge < -0.3 is 4.90 Å². The van der Waals surface area contributed by atoms with E-state index >= 15 is 0 Å². The maximum Gasteiger partial charge on any atom is 0.0606 e. The van der Waals surface area contributed by atoms with Crippen molar-refractivity contribution in [3.8, 4) is 0 Å². The highest BCUT2D eigenvalue weighted by atomic mass is 15.1. The van der Waals surface area contributed by atoms with Crippen LogP contribution < -0.4 is 0 Å². The molecule has 62 valence electrons. The molecule has 0 bridgehead atoms. The van der Waals surface area contributed by atoms with E-state index in [0.29, 0.717) is 5.92 Å². The predicted molar refractivity (Wildman–Crippen MR) is 48.7 cm³/mol. The number of aliphatic imine (C=N–C) groups is 1. The summed E-state index contributed by atoms with van der Waals surface area (Å²) in [7, 11) is 2.09. The first-order chi connectivity index (χ1) is 5.09. The van der Waals surface area contributed by atoms with Crippen molar-refractivity contribution < 1.29 is 0 Å². The number of rotatable bonds is 1. The molecule has 1 unspecified atom stereocenters. The summed E-state index contributed by atoms with van der Waals surface area (Å²) in [4.78, 5) is 6.63. The van der Waals surface area contributed by atoms with Gasteiger partial charge >= 0.3 is 0 Å². The third-order valence-corrected chi connectivity index (χ3v) is 1.77. The van der Waals surface area contributed by atoms with Crippen LogP contribution in [-0.4, -0.2) is 24.2 Å². The molecular weight excluding hydrogens is 136 g/mol. The van der Waals surface area contributed by atoms with E-state index in [9.17, 15) is 0 Å². The highest BCUT2D eigenvalue weighted by Crippen LogP contribution is 2.20. The van der Waals surface area contributed by atoms with Gasteiger partial charge in [0.15, 0.2) is 0 Å². The Kier molecular flexibility index (Phi) is 2.32. The second-order valence-corrected chi connectivity index (χ2v) is 3.45. The first-order valence-electron chi connectivity index (χ1n) is 4.03. The molecule has 0 aromatic heterocycles. The first-order valence-corrected chi connectivity index (χ1v) is 4.03. The minimum atomic E-state index is 0.592. The quantitative estimate of drug-likeness (QED) is 0.524. The molecule has 0 aliphatic carbocycles. The fourth-order valence-electron chi connectivity index (χ4n) is 1.33. The van der Waals surface area contributed by atoms with Crippen LogP contribution in [0, 0.1) is 5.92 Å². The summed E-state index contributed by atoms with van der Waals surface area (Å²) in [5.41, 5.74) is 2.35. The maximum absolute atomic E-state index is 4.44. The smallest absolute Gasteiger partial charge is 0.0606 e. The molecule has 1 rings (SSSR count). The molecule has 0 aromatic rings. The Morgan fingerprint density at radius 2 is 2.27 bits per heavy atom. The Balaban J connectivity index is 2.72. The highest BCUT2D eigenvalue weighted by molar-refractivity contribution is 5.80. The molecule has 0 fully saturated rings. The molecule has 11 heavy (non-hydrogen) atoms. The van der Waals surface area contributed by atoms with Crippen LogP contribution in [0.15, 0.2) is 16.9 Å². The fraction of sp³-hybridized carbons (Fsp3) is 0.667. The predicted octanol–water partition coefficient (Wildman–Crippen LogP) is 1.89. The van der Waals surface area contributed by atoms with Gasteiger partial charge in [-0.3, -0.25) is 4.99 Å². The number of hydrogen-bond acceptors (Lipinski definition) is 2. The van der Waals surface area contributed by atoms with Crippen LogP contribution in [0.1, 0.15) is 20.8 Å². The molecular formula is C9H16N2. The zero-order chi connectivity index (χ0) is 8.43. The van der Waals surface area contributed by atoms with Crippen LogP contribution in [0.2, 0.25) is 0 Å². The monoisotopic (exact) mass is 152 g/mol. The van der Waals surface area contributed by atoms with E-state index in [1.165, 1.54) is 5.70 Å². The molecule has 0 aromatic carbocycles. The SMILES string of the molecule is CC(C)=NC1=CN(C)CC1C. The second-order valence-electron chi connectivity index (χ2n) is 3.45. The van der Waals surface area contributed by atoms with E-state index in [4.69, 9.17) is 0 Å². The molecule has 0 saturated heterocycles. The largest absolute Gasteiger partial charge is 0.378 e. The topological polar surface area (TPSA) is 15.6 Å². The molecule has 2 heteroatoms. The average molecular weight is 152 g/mol. The summed E-state index contributed by atoms with van der Waals surface area (Å²) in [5, 5.41) is 0. The lowest BCUT2D eigenvalue weighted by Crippen LogP contribution is -2.10. The summed E-state index contributed by atoms with van der Waals surface area (Å²) in [6, 6.07) is 0. The summed E-state index contributed by atoms with van der Waals surface area (Å²) < 4.78 is 0. The molecule has 0 amide bonds. The molecule has 0 radical (unpaired) electrons. The van der Waals surface area contributed by atoms with Gasteiger partial charge in [0.05, 0.1) is 5.70 Å². The van der Waals surface area contributed by atoms with Crippen molar-refractivity contribution in [1.82, 2.24) is 4.90 Å². The van der Waals surface area contributed by atoms with E-state index < -0.39 is 0 Å². The summed E-state index contributed by atoms with van der Waals surface area (Å²) >= 11 is 0. The van der Waals surface area contributed by atoms with E-state index in [0.717, 1.165) is 12.3 Å². The molecule has 2 nitrogen and oxygen atoms in total. The zero-order valence-electron chi connectivity index (χ0n) is 7.76. The first kappa shape index (κ1) is 8.31. The van der Waals surface area contributed by atoms with Gasteiger partial charge in [-0.05, 0) is 13.8 Å². The van der Waals surface area contributed by atoms with E-state index in [1.807, 2.05) is 13.8 Å². The van der Waals surface area contributed by atoms with Crippen LogP contribution in [0.5, 0.6) is 0 Å². The van der Waals surface area contributed by atoms with Gasteiger partial charge in [0, 0.05) is 31.4 Å². The molecule has 1 heterocycles. The van der Waals surface area contributed by atoms with Crippen molar-refractivity contribution in [2.24, 2.45) is 10.9 Å². The molecule has 1 atom stereocenters. The summed E-state index contributed by atoms with van der Waals surface area (Å²) in [6.07, 6.45) is 2.12. The number of nitrogens with zero attached hydrogens (tertiary/aromatic N) is 2. The molecule has 1 aliphatic heterocycles. The van der Waals surface area contributed by atoms with Crippen molar-refractivity contribution in [1.29, 1.82) is 0 Å². The van der Waals surface area contributed by atoms with Crippen molar-refractivity contribution in [3.05, 3.63) is 11.9 Å². The fourth-order valence-corrected chi connectivity index (χ4v) is 1.33. The minimum Gasteiger partial charge on any atom is -0.378 e. The Morgan fingerprint density at radius 3 is 2.64 bits per heavy atom. The van der Waals surface area contributed by atoms with Crippen LogP contribution in [0.3, 0.4) is 0 Å². The standard InChI is InChI=1S/C9H16N2/c1-7(2)10-9-6-11(4)5-8(9)3/h6,8H,5H2,1-4H3. The van der Waals surface area contributed by atoms with Crippen molar-refractivity contribution >= 4 is 5.71 Å². The van der Waals surface area contributed by atoms with Gasteiger partial charge in [-0.1, -0.05) is 6.92 Å². The second kappa shape index (κ2) is 3.07. The number of hydrogen-bond donors (Lipinski definition) is 0. The molecule has 1 aliphatic rings. The van der Waals surface area contributed by atoms with E-state index in [-0.39, 0.29) is 0 Å². The Morgan fingerprint density at radius 1 is 1.64 bits per heavy atom. The molecule has 0 saturated carbocycles. The van der Waals surface area contributed by atoms with E-state index in [2.05, 4.69) is 30.1 Å². The van der Waals surface area contributed by atoms with Crippen molar-refractivity contribution in [2.45, 2.75) is 20.8 Å². The Hall–Kier alpha value is -0.790. The summed E-state index contributed by atoms with van der Waals surface area (Å²) in [6.45, 7) is 7.38. The van der Waals surface area contributed by atoms with Crippen LogP contribution >= 0.6 is 0 Å². The normalized spacial score (nSPS) is 23.5. The average Bonchev–Trinajstić information content (AvgIpc) is 2.09. The van der Waals surface area contributed by atoms with Crippen LogP contribution in [-0.2, 0) is 0 Å². The van der Waals surface area contributed by atoms with Gasteiger partial charge in [-0.25, -0.2) is 0 Å². The molecule has 0 N–H and O–H groups in total. The van der Waals surface area contributed by atoms with Crippen molar-refractivity contribution in [3.63, 3.8) is 0 Å². The third-order valence-electron chi connectivity index (χ3n) is 1.77. The lowest BCUT2D eigenvalue weighted by atomic mass is 10.1. The minimum absolute atomic E-state index is 0.592. The van der Waals surface area contributed by atoms with Gasteiger partial charge in [0.25, 0.3) is 0 Å². The van der Waals surface area contributed by atoms with Gasteiger partial charge in [-0.15, -0.1) is 0 Å². The highest BCUT2D eigenvalue weighted by Gasteiger charge is 2.16. The van der Waals surface area contributed by atoms with Gasteiger partial charge in [0.1, 0.15) is 0 Å². The van der Waals surface area contributed by atoms with Gasteiger partial charge in [-0.2, -0.15) is 0 Å². The maximum atomic E-state index is 4.44. The van der Waals surface area contributed by atoms with Crippen LogP contribution in [0.25, 0.3) is 0 Å². The lowest BCUT2D eigenvalue weighted by molar-refractivity contribution is 0.448. The van der Waals surface area contributed by atoms with Crippen LogP contribution in [0.4, 0.5) is 0 Å². The summed E-state index contributed by atoms with van der Waals surface area (Å²) in [5.74, 6) is 0.592. The Labute approximate surface area is 68.6 Å². The third kappa shape index (κ3) is 2.07. The Bertz CT molecular complexity index is 200. The van der Waals surface area contributed by atoms with Gasteiger partial charge in [0.2, 0.25) is 0 Å². The zero-order valence-corrected chi connectivity index (χ0v) is 7.76. The molecule has 0 spiro atoms. The lowest BCUT2D eigenvalue weighted by Gasteiger charge is -2.06.